The molecule has 1 spiro atoms. The fourth-order valence-corrected chi connectivity index (χ4v) is 3.74. The molecular formula is C12H11N3OS. The molecule has 86 valence electrons. The number of amides is 1. The number of allylic oxidation sites excluding steroid dienone is 4. The minimum absolute atomic E-state index is 0.210. The third-order valence-corrected chi connectivity index (χ3v) is 4.56. The van der Waals surface area contributed by atoms with Gasteiger partial charge in [0.2, 0.25) is 0 Å². The van der Waals surface area contributed by atoms with Crippen LogP contribution in [0.25, 0.3) is 0 Å². The summed E-state index contributed by atoms with van der Waals surface area (Å²) in [5.41, 5.74) is 4.91. The van der Waals surface area contributed by atoms with Gasteiger partial charge in [0, 0.05) is 17.5 Å². The van der Waals surface area contributed by atoms with Crippen molar-refractivity contribution in [3.8, 4) is 0 Å². The maximum absolute atomic E-state index is 11.7. The SMILES string of the molecule is NNC(=O)C1=C2C=CN=C3C=CC=CC32SC1. The second-order valence-electron chi connectivity index (χ2n) is 3.94. The molecule has 1 unspecified atom stereocenters. The number of hydrazine groups is 1. The van der Waals surface area contributed by atoms with Crippen molar-refractivity contribution in [1.29, 1.82) is 0 Å². The summed E-state index contributed by atoms with van der Waals surface area (Å²) in [4.78, 5) is 16.1. The first-order chi connectivity index (χ1) is 8.28. The van der Waals surface area contributed by atoms with Gasteiger partial charge in [-0.3, -0.25) is 15.2 Å². The summed E-state index contributed by atoms with van der Waals surface area (Å²) < 4.78 is -0.286. The average molecular weight is 245 g/mol. The van der Waals surface area contributed by atoms with Crippen LogP contribution in [0.4, 0.5) is 0 Å². The van der Waals surface area contributed by atoms with Gasteiger partial charge >= 0.3 is 0 Å². The van der Waals surface area contributed by atoms with E-state index < -0.39 is 0 Å². The van der Waals surface area contributed by atoms with Gasteiger partial charge in [0.25, 0.3) is 5.91 Å². The highest BCUT2D eigenvalue weighted by Crippen LogP contribution is 2.48. The van der Waals surface area contributed by atoms with Crippen molar-refractivity contribution in [3.05, 3.63) is 47.7 Å². The van der Waals surface area contributed by atoms with Gasteiger partial charge in [0.15, 0.2) is 0 Å². The quantitative estimate of drug-likeness (QED) is 0.409. The van der Waals surface area contributed by atoms with Crippen LogP contribution in [0.1, 0.15) is 0 Å². The molecule has 17 heavy (non-hydrogen) atoms. The molecule has 1 aliphatic carbocycles. The van der Waals surface area contributed by atoms with Crippen LogP contribution in [0.15, 0.2) is 52.7 Å². The maximum Gasteiger partial charge on any atom is 0.262 e. The number of nitrogens with one attached hydrogen (secondary N) is 1. The first-order valence-electron chi connectivity index (χ1n) is 5.27. The smallest absolute Gasteiger partial charge is 0.262 e. The van der Waals surface area contributed by atoms with E-state index in [1.165, 1.54) is 0 Å². The first kappa shape index (κ1) is 10.6. The van der Waals surface area contributed by atoms with Crippen molar-refractivity contribution in [1.82, 2.24) is 5.43 Å². The summed E-state index contributed by atoms with van der Waals surface area (Å²) in [6.07, 6.45) is 11.7. The fourth-order valence-electron chi connectivity index (χ4n) is 2.29. The molecule has 0 aromatic rings. The molecule has 3 rings (SSSR count). The number of rotatable bonds is 1. The Hall–Kier alpha value is -1.59. The topological polar surface area (TPSA) is 67.5 Å². The minimum atomic E-state index is -0.286. The third kappa shape index (κ3) is 1.36. The molecule has 3 N–H and O–H groups in total. The number of nitrogens with zero attached hydrogens (tertiary/aromatic N) is 1. The lowest BCUT2D eigenvalue weighted by atomic mass is 9.85. The fraction of sp³-hybridized carbons (Fsp3) is 0.167. The second-order valence-corrected chi connectivity index (χ2v) is 5.16. The molecule has 0 fully saturated rings. The van der Waals surface area contributed by atoms with Gasteiger partial charge in [-0.1, -0.05) is 18.2 Å². The second kappa shape index (κ2) is 3.72. The van der Waals surface area contributed by atoms with Crippen LogP contribution in [0.5, 0.6) is 0 Å². The average Bonchev–Trinajstić information content (AvgIpc) is 2.75. The summed E-state index contributed by atoms with van der Waals surface area (Å²) in [6, 6.07) is 0. The molecule has 0 aromatic heterocycles. The molecular weight excluding hydrogens is 234 g/mol. The van der Waals surface area contributed by atoms with Gasteiger partial charge in [-0.05, 0) is 17.7 Å². The Morgan fingerprint density at radius 2 is 2.35 bits per heavy atom. The Bertz CT molecular complexity index is 542. The lowest BCUT2D eigenvalue weighted by Crippen LogP contribution is -2.36. The number of carbonyl (C=O) groups excluding carboxylic acids is 1. The highest BCUT2D eigenvalue weighted by Gasteiger charge is 2.45. The molecule has 4 nitrogen and oxygen atoms in total. The number of hydrogen-bond donors (Lipinski definition) is 2. The summed E-state index contributed by atoms with van der Waals surface area (Å²) in [7, 11) is 0. The van der Waals surface area contributed by atoms with Crippen LogP contribution in [-0.2, 0) is 4.79 Å². The van der Waals surface area contributed by atoms with E-state index in [0.29, 0.717) is 5.75 Å². The highest BCUT2D eigenvalue weighted by molar-refractivity contribution is 8.02. The number of hydrogen-bond acceptors (Lipinski definition) is 4. The summed E-state index contributed by atoms with van der Waals surface area (Å²) in [6.45, 7) is 0. The monoisotopic (exact) mass is 245 g/mol. The summed E-state index contributed by atoms with van der Waals surface area (Å²) in [5, 5.41) is 0. The molecule has 0 saturated carbocycles. The lowest BCUT2D eigenvalue weighted by Gasteiger charge is -2.30. The van der Waals surface area contributed by atoms with Gasteiger partial charge < -0.3 is 0 Å². The molecule has 1 atom stereocenters. The molecule has 2 aliphatic heterocycles. The van der Waals surface area contributed by atoms with Crippen molar-refractivity contribution < 1.29 is 4.79 Å². The Morgan fingerprint density at radius 1 is 1.47 bits per heavy atom. The van der Waals surface area contributed by atoms with Crippen molar-refractivity contribution in [2.75, 3.05) is 5.75 Å². The van der Waals surface area contributed by atoms with E-state index in [9.17, 15) is 4.79 Å². The Labute approximate surface area is 103 Å². The van der Waals surface area contributed by atoms with E-state index in [2.05, 4.69) is 16.5 Å². The molecule has 0 bridgehead atoms. The first-order valence-corrected chi connectivity index (χ1v) is 6.26. The highest BCUT2D eigenvalue weighted by atomic mass is 32.2. The predicted molar refractivity (Wildman–Crippen MR) is 69.4 cm³/mol. The summed E-state index contributed by atoms with van der Waals surface area (Å²) in [5.74, 6) is 5.65. The predicted octanol–water partition coefficient (Wildman–Crippen LogP) is 0.853. The van der Waals surface area contributed by atoms with Crippen molar-refractivity contribution in [3.63, 3.8) is 0 Å². The Morgan fingerprint density at radius 3 is 3.18 bits per heavy atom. The van der Waals surface area contributed by atoms with Gasteiger partial charge in [-0.2, -0.15) is 0 Å². The Balaban J connectivity index is 2.16. The van der Waals surface area contributed by atoms with E-state index in [-0.39, 0.29) is 10.7 Å². The Kier molecular flexibility index (Phi) is 2.31. The zero-order valence-electron chi connectivity index (χ0n) is 9.01. The molecule has 2 heterocycles. The van der Waals surface area contributed by atoms with E-state index in [1.54, 1.807) is 18.0 Å². The molecule has 1 amide bonds. The van der Waals surface area contributed by atoms with Gasteiger partial charge in [-0.15, -0.1) is 11.8 Å². The zero-order valence-corrected chi connectivity index (χ0v) is 9.83. The van der Waals surface area contributed by atoms with Crippen LogP contribution < -0.4 is 11.3 Å². The van der Waals surface area contributed by atoms with E-state index in [4.69, 9.17) is 5.84 Å². The standard InChI is InChI=1S/C12H11N3OS/c13-15-11(16)8-7-17-12-5-2-1-3-10(12)14-6-4-9(8)12/h1-6H,7,13H2,(H,15,16). The third-order valence-electron chi connectivity index (χ3n) is 3.11. The molecule has 3 aliphatic rings. The van der Waals surface area contributed by atoms with Crippen LogP contribution >= 0.6 is 11.8 Å². The van der Waals surface area contributed by atoms with Gasteiger partial charge in [0.05, 0.1) is 5.71 Å². The molecule has 5 heteroatoms. The number of nitrogens with two attached hydrogens (primary N) is 1. The van der Waals surface area contributed by atoms with Crippen molar-refractivity contribution in [2.45, 2.75) is 4.75 Å². The van der Waals surface area contributed by atoms with E-state index >= 15 is 0 Å². The summed E-state index contributed by atoms with van der Waals surface area (Å²) >= 11 is 1.70. The van der Waals surface area contributed by atoms with Crippen LogP contribution in [0, 0.1) is 0 Å². The van der Waals surface area contributed by atoms with Crippen LogP contribution in [0.3, 0.4) is 0 Å². The van der Waals surface area contributed by atoms with E-state index in [1.807, 2.05) is 24.3 Å². The van der Waals surface area contributed by atoms with Crippen molar-refractivity contribution in [2.24, 2.45) is 10.8 Å². The number of aliphatic imine (C=N–C) groups is 1. The van der Waals surface area contributed by atoms with Crippen LogP contribution in [-0.4, -0.2) is 22.1 Å². The molecule has 0 radical (unpaired) electrons. The maximum atomic E-state index is 11.7. The van der Waals surface area contributed by atoms with E-state index in [0.717, 1.165) is 16.9 Å². The largest absolute Gasteiger partial charge is 0.290 e. The number of carbonyl (C=O) groups is 1. The normalized spacial score (nSPS) is 28.9. The van der Waals surface area contributed by atoms with Crippen molar-refractivity contribution >= 4 is 23.4 Å². The number of thioether (sulfide) groups is 1. The van der Waals surface area contributed by atoms with Gasteiger partial charge in [-0.25, -0.2) is 5.84 Å². The van der Waals surface area contributed by atoms with Crippen LogP contribution in [0.2, 0.25) is 0 Å². The zero-order chi connectivity index (χ0) is 11.9. The molecule has 0 saturated heterocycles. The molecule has 0 aromatic carbocycles. The minimum Gasteiger partial charge on any atom is -0.290 e. The van der Waals surface area contributed by atoms with Gasteiger partial charge in [0.1, 0.15) is 4.75 Å². The lowest BCUT2D eigenvalue weighted by molar-refractivity contribution is -0.117.